The second-order valence-electron chi connectivity index (χ2n) is 2.92. The molecule has 0 spiro atoms. The van der Waals surface area contributed by atoms with Crippen LogP contribution in [0.15, 0.2) is 41.7 Å². The van der Waals surface area contributed by atoms with Crippen molar-refractivity contribution in [2.24, 2.45) is 4.99 Å². The Labute approximate surface area is 101 Å². The summed E-state index contributed by atoms with van der Waals surface area (Å²) in [6.07, 6.45) is 6.74. The Balaban J connectivity index is -0.000000179. The van der Waals surface area contributed by atoms with E-state index < -0.39 is 0 Å². The van der Waals surface area contributed by atoms with Gasteiger partial charge in [0.25, 0.3) is 0 Å². The molecule has 2 nitrogen and oxygen atoms in total. The molecule has 92 valence electrons. The van der Waals surface area contributed by atoms with E-state index in [2.05, 4.69) is 16.1 Å². The van der Waals surface area contributed by atoms with Crippen LogP contribution in [0.5, 0.6) is 0 Å². The number of aliphatic imine (C=N–C) groups is 1. The molecule has 0 aromatic carbocycles. The molecule has 1 aromatic heterocycles. The van der Waals surface area contributed by atoms with Gasteiger partial charge < -0.3 is 0 Å². The molecule has 1 aromatic rings. The lowest BCUT2D eigenvalue weighted by molar-refractivity contribution is 1.20. The van der Waals surface area contributed by atoms with E-state index >= 15 is 0 Å². The van der Waals surface area contributed by atoms with Crippen LogP contribution >= 0.6 is 0 Å². The van der Waals surface area contributed by atoms with Gasteiger partial charge in [-0.05, 0) is 26.0 Å². The fraction of sp³-hybridized carbons (Fsp3) is 0.429. The lowest BCUT2D eigenvalue weighted by Gasteiger charge is -1.82. The van der Waals surface area contributed by atoms with E-state index in [0.717, 1.165) is 12.1 Å². The standard InChI is InChI=1S/C6H7N.C5H7N.3CH4/c1-6-4-2-3-5-7-6;1-5-3-2-4-6-5;;;/h2-5H,1H3;2,4H,3H2,1H3;3*1H4. The molecule has 0 saturated carbocycles. The molecule has 0 atom stereocenters. The van der Waals surface area contributed by atoms with Gasteiger partial charge in [0.2, 0.25) is 0 Å². The summed E-state index contributed by atoms with van der Waals surface area (Å²) in [6.45, 7) is 4.00. The highest BCUT2D eigenvalue weighted by atomic mass is 14.7. The van der Waals surface area contributed by atoms with Gasteiger partial charge >= 0.3 is 0 Å². The van der Waals surface area contributed by atoms with Crippen LogP contribution in [0.25, 0.3) is 0 Å². The summed E-state index contributed by atoms with van der Waals surface area (Å²) in [5.74, 6) is 0. The zero-order chi connectivity index (χ0) is 9.52. The fourth-order valence-electron chi connectivity index (χ4n) is 0.904. The van der Waals surface area contributed by atoms with Gasteiger partial charge in [-0.1, -0.05) is 34.4 Å². The van der Waals surface area contributed by atoms with E-state index in [1.54, 1.807) is 6.20 Å². The van der Waals surface area contributed by atoms with Crippen molar-refractivity contribution in [3.05, 3.63) is 42.4 Å². The number of aromatic nitrogens is 1. The molecule has 2 heterocycles. The summed E-state index contributed by atoms with van der Waals surface area (Å²) in [6, 6.07) is 5.86. The van der Waals surface area contributed by atoms with Crippen LogP contribution in [0.2, 0.25) is 0 Å². The minimum absolute atomic E-state index is 0. The molecule has 0 unspecified atom stereocenters. The van der Waals surface area contributed by atoms with Crippen LogP contribution in [0.4, 0.5) is 0 Å². The van der Waals surface area contributed by atoms with Crippen molar-refractivity contribution < 1.29 is 0 Å². The first-order valence-corrected chi connectivity index (χ1v) is 4.35. The van der Waals surface area contributed by atoms with Crippen molar-refractivity contribution in [2.45, 2.75) is 42.5 Å². The molecule has 1 aliphatic rings. The van der Waals surface area contributed by atoms with Crippen molar-refractivity contribution in [1.29, 1.82) is 0 Å². The monoisotopic (exact) mass is 222 g/mol. The SMILES string of the molecule is C.C.C.CC1=NC=CC1.Cc1ccccn1. The average Bonchev–Trinajstić information content (AvgIpc) is 2.58. The molecular weight excluding hydrogens is 196 g/mol. The van der Waals surface area contributed by atoms with Gasteiger partial charge in [0, 0.05) is 30.2 Å². The summed E-state index contributed by atoms with van der Waals surface area (Å²) >= 11 is 0. The minimum Gasteiger partial charge on any atom is -0.266 e. The van der Waals surface area contributed by atoms with Crippen LogP contribution in [0.1, 0.15) is 41.3 Å². The number of nitrogens with zero attached hydrogens (tertiary/aromatic N) is 2. The Morgan fingerprint density at radius 2 is 1.75 bits per heavy atom. The van der Waals surface area contributed by atoms with Crippen LogP contribution in [-0.4, -0.2) is 10.7 Å². The summed E-state index contributed by atoms with van der Waals surface area (Å²) in [5, 5.41) is 0. The van der Waals surface area contributed by atoms with Crippen molar-refractivity contribution in [3.8, 4) is 0 Å². The smallest absolute Gasteiger partial charge is 0.0372 e. The Bertz CT molecular complexity index is 300. The average molecular weight is 222 g/mol. The lowest BCUT2D eigenvalue weighted by atomic mass is 10.3. The first-order chi connectivity index (χ1) is 6.29. The molecule has 0 aliphatic carbocycles. The summed E-state index contributed by atoms with van der Waals surface area (Å²) in [4.78, 5) is 7.95. The van der Waals surface area contributed by atoms with Gasteiger partial charge in [-0.25, -0.2) is 0 Å². The van der Waals surface area contributed by atoms with Crippen LogP contribution in [0, 0.1) is 6.92 Å². The number of hydrogen-bond acceptors (Lipinski definition) is 2. The van der Waals surface area contributed by atoms with Gasteiger partial charge in [0.1, 0.15) is 0 Å². The molecule has 2 rings (SSSR count). The molecule has 0 fully saturated rings. The topological polar surface area (TPSA) is 25.2 Å². The second kappa shape index (κ2) is 11.6. The normalized spacial score (nSPS) is 10.8. The Morgan fingerprint density at radius 1 is 1.06 bits per heavy atom. The Hall–Kier alpha value is -1.44. The third kappa shape index (κ3) is 9.13. The highest BCUT2D eigenvalue weighted by molar-refractivity contribution is 5.85. The lowest BCUT2D eigenvalue weighted by Crippen LogP contribution is -1.78. The van der Waals surface area contributed by atoms with Gasteiger partial charge in [-0.3, -0.25) is 9.98 Å². The van der Waals surface area contributed by atoms with Gasteiger partial charge in [-0.15, -0.1) is 0 Å². The molecule has 0 bridgehead atoms. The van der Waals surface area contributed by atoms with Crippen molar-refractivity contribution in [1.82, 2.24) is 4.98 Å². The summed E-state index contributed by atoms with van der Waals surface area (Å²) in [7, 11) is 0. The maximum Gasteiger partial charge on any atom is 0.0372 e. The Kier molecular flexibility index (Phi) is 14.6. The van der Waals surface area contributed by atoms with Crippen molar-refractivity contribution >= 4 is 5.71 Å². The van der Waals surface area contributed by atoms with Crippen molar-refractivity contribution in [2.75, 3.05) is 0 Å². The minimum atomic E-state index is 0. The highest BCUT2D eigenvalue weighted by Crippen LogP contribution is 1.96. The van der Waals surface area contributed by atoms with E-state index in [4.69, 9.17) is 0 Å². The first-order valence-electron chi connectivity index (χ1n) is 4.35. The van der Waals surface area contributed by atoms with E-state index in [0.29, 0.717) is 0 Å². The molecular formula is C14H26N2. The third-order valence-electron chi connectivity index (χ3n) is 1.63. The van der Waals surface area contributed by atoms with E-state index in [-0.39, 0.29) is 22.3 Å². The molecule has 0 N–H and O–H groups in total. The summed E-state index contributed by atoms with van der Waals surface area (Å²) < 4.78 is 0. The largest absolute Gasteiger partial charge is 0.266 e. The third-order valence-corrected chi connectivity index (χ3v) is 1.63. The van der Waals surface area contributed by atoms with E-state index in [9.17, 15) is 0 Å². The predicted octanol–water partition coefficient (Wildman–Crippen LogP) is 4.66. The number of rotatable bonds is 0. The zero-order valence-electron chi connectivity index (χ0n) is 8.07. The van der Waals surface area contributed by atoms with E-state index in [1.807, 2.05) is 38.2 Å². The molecule has 1 aliphatic heterocycles. The number of aryl methyl sites for hydroxylation is 1. The van der Waals surface area contributed by atoms with Gasteiger partial charge in [0.15, 0.2) is 0 Å². The fourth-order valence-corrected chi connectivity index (χ4v) is 0.904. The molecule has 2 heteroatoms. The highest BCUT2D eigenvalue weighted by Gasteiger charge is 1.88. The van der Waals surface area contributed by atoms with Crippen molar-refractivity contribution in [3.63, 3.8) is 0 Å². The first kappa shape index (κ1) is 20.0. The number of hydrogen-bond donors (Lipinski definition) is 0. The van der Waals surface area contributed by atoms with Gasteiger partial charge in [-0.2, -0.15) is 0 Å². The van der Waals surface area contributed by atoms with Gasteiger partial charge in [0.05, 0.1) is 0 Å². The maximum absolute atomic E-state index is 3.98. The maximum atomic E-state index is 3.98. The quantitative estimate of drug-likeness (QED) is 0.626. The van der Waals surface area contributed by atoms with Crippen LogP contribution in [-0.2, 0) is 0 Å². The second-order valence-corrected chi connectivity index (χ2v) is 2.92. The van der Waals surface area contributed by atoms with Crippen LogP contribution in [0.3, 0.4) is 0 Å². The molecule has 16 heavy (non-hydrogen) atoms. The molecule has 0 amide bonds. The summed E-state index contributed by atoms with van der Waals surface area (Å²) in [5.41, 5.74) is 2.29. The molecule has 0 radical (unpaired) electrons. The number of allylic oxidation sites excluding steroid dienone is 1. The number of pyridine rings is 1. The van der Waals surface area contributed by atoms with Crippen LogP contribution < -0.4 is 0 Å². The predicted molar refractivity (Wildman–Crippen MR) is 76.0 cm³/mol. The zero-order valence-corrected chi connectivity index (χ0v) is 8.07. The Morgan fingerprint density at radius 3 is 1.94 bits per heavy atom. The van der Waals surface area contributed by atoms with E-state index in [1.165, 1.54) is 5.71 Å². The molecule has 0 saturated heterocycles.